The highest BCUT2D eigenvalue weighted by Gasteiger charge is 2.11. The van der Waals surface area contributed by atoms with Gasteiger partial charge in [-0.1, -0.05) is 11.6 Å². The van der Waals surface area contributed by atoms with Crippen molar-refractivity contribution >= 4 is 45.6 Å². The van der Waals surface area contributed by atoms with Crippen LogP contribution >= 0.6 is 22.9 Å². The molecule has 118 valence electrons. The molecule has 0 bridgehead atoms. The van der Waals surface area contributed by atoms with E-state index in [1.807, 2.05) is 30.3 Å². The van der Waals surface area contributed by atoms with Crippen LogP contribution in [0.3, 0.4) is 0 Å². The molecule has 0 aliphatic carbocycles. The van der Waals surface area contributed by atoms with Gasteiger partial charge in [0.25, 0.3) is 5.91 Å². The van der Waals surface area contributed by atoms with Gasteiger partial charge in [0.2, 0.25) is 0 Å². The van der Waals surface area contributed by atoms with Crippen LogP contribution < -0.4 is 5.32 Å². The summed E-state index contributed by atoms with van der Waals surface area (Å²) in [6.45, 7) is 0. The van der Waals surface area contributed by atoms with Gasteiger partial charge in [0, 0.05) is 23.6 Å². The highest BCUT2D eigenvalue weighted by molar-refractivity contribution is 7.18. The monoisotopic (exact) mass is 354 g/mol. The van der Waals surface area contributed by atoms with Gasteiger partial charge in [0.05, 0.1) is 20.2 Å². The molecule has 0 saturated carbocycles. The van der Waals surface area contributed by atoms with Gasteiger partial charge in [0.15, 0.2) is 0 Å². The van der Waals surface area contributed by atoms with E-state index in [2.05, 4.69) is 20.3 Å². The second-order valence-corrected chi connectivity index (χ2v) is 6.83. The summed E-state index contributed by atoms with van der Waals surface area (Å²) in [5.41, 5.74) is 3.27. The Morgan fingerprint density at radius 1 is 1.21 bits per heavy atom. The van der Waals surface area contributed by atoms with Crippen LogP contribution in [0.4, 0.5) is 5.69 Å². The second kappa shape index (κ2) is 6.07. The Hall–Kier alpha value is -2.70. The number of nitrogens with one attached hydrogen (secondary N) is 2. The molecule has 0 unspecified atom stereocenters. The van der Waals surface area contributed by atoms with Crippen LogP contribution in [0, 0.1) is 0 Å². The maximum Gasteiger partial charge on any atom is 0.265 e. The Labute approximate surface area is 146 Å². The predicted octanol–water partition coefficient (Wildman–Crippen LogP) is 4.59. The molecular weight excluding hydrogens is 344 g/mol. The summed E-state index contributed by atoms with van der Waals surface area (Å²) in [5, 5.41) is 2.87. The molecule has 0 saturated heterocycles. The van der Waals surface area contributed by atoms with Crippen molar-refractivity contribution in [3.63, 3.8) is 0 Å². The molecular formula is C17H11ClN4OS. The number of imidazole rings is 1. The lowest BCUT2D eigenvalue weighted by atomic mass is 10.2. The SMILES string of the molecule is O=C(Nc1ccc2nc(-c3cccnc3)[nH]c2c1)c1ccc(Cl)s1. The van der Waals surface area contributed by atoms with E-state index in [1.165, 1.54) is 11.3 Å². The van der Waals surface area contributed by atoms with E-state index in [4.69, 9.17) is 11.6 Å². The van der Waals surface area contributed by atoms with Crippen LogP contribution in [0.1, 0.15) is 9.67 Å². The molecule has 2 N–H and O–H groups in total. The van der Waals surface area contributed by atoms with Gasteiger partial charge in [0.1, 0.15) is 5.82 Å². The smallest absolute Gasteiger partial charge is 0.265 e. The molecule has 0 spiro atoms. The van der Waals surface area contributed by atoms with E-state index >= 15 is 0 Å². The molecule has 4 rings (SSSR count). The fourth-order valence-electron chi connectivity index (χ4n) is 2.36. The van der Waals surface area contributed by atoms with Gasteiger partial charge < -0.3 is 10.3 Å². The first-order chi connectivity index (χ1) is 11.7. The predicted molar refractivity (Wildman–Crippen MR) is 96.6 cm³/mol. The molecule has 3 heterocycles. The van der Waals surface area contributed by atoms with Gasteiger partial charge in [-0.15, -0.1) is 11.3 Å². The summed E-state index contributed by atoms with van der Waals surface area (Å²) in [4.78, 5) is 24.7. The molecule has 1 amide bonds. The molecule has 0 aliphatic heterocycles. The van der Waals surface area contributed by atoms with Gasteiger partial charge in [-0.05, 0) is 42.5 Å². The highest BCUT2D eigenvalue weighted by Crippen LogP contribution is 2.25. The quantitative estimate of drug-likeness (QED) is 0.565. The van der Waals surface area contributed by atoms with E-state index in [9.17, 15) is 4.79 Å². The van der Waals surface area contributed by atoms with E-state index < -0.39 is 0 Å². The molecule has 5 nitrogen and oxygen atoms in total. The fraction of sp³-hybridized carbons (Fsp3) is 0. The number of nitrogens with zero attached hydrogens (tertiary/aromatic N) is 2. The van der Waals surface area contributed by atoms with E-state index in [0.29, 0.717) is 14.9 Å². The number of H-pyrrole nitrogens is 1. The number of rotatable bonds is 3. The highest BCUT2D eigenvalue weighted by atomic mass is 35.5. The van der Waals surface area contributed by atoms with Crippen LogP contribution in [0.5, 0.6) is 0 Å². The van der Waals surface area contributed by atoms with Crippen molar-refractivity contribution in [2.24, 2.45) is 0 Å². The lowest BCUT2D eigenvalue weighted by molar-refractivity contribution is 0.103. The van der Waals surface area contributed by atoms with Crippen molar-refractivity contribution in [3.8, 4) is 11.4 Å². The first-order valence-electron chi connectivity index (χ1n) is 7.16. The summed E-state index contributed by atoms with van der Waals surface area (Å²) in [6, 6.07) is 12.8. The topological polar surface area (TPSA) is 70.7 Å². The van der Waals surface area contributed by atoms with Crippen LogP contribution in [-0.2, 0) is 0 Å². The number of aromatic amines is 1. The minimum atomic E-state index is -0.182. The third kappa shape index (κ3) is 2.89. The summed E-state index contributed by atoms with van der Waals surface area (Å²) in [5.74, 6) is 0.560. The first-order valence-corrected chi connectivity index (χ1v) is 8.35. The van der Waals surface area contributed by atoms with Crippen LogP contribution in [0.2, 0.25) is 4.34 Å². The molecule has 0 radical (unpaired) electrons. The van der Waals surface area contributed by atoms with E-state index in [0.717, 1.165) is 22.4 Å². The number of aromatic nitrogens is 3. The standard InChI is InChI=1S/C17H11ClN4OS/c18-15-6-5-14(24-15)17(23)20-11-3-4-12-13(8-11)22-16(21-12)10-2-1-7-19-9-10/h1-9H,(H,20,23)(H,21,22). The van der Waals surface area contributed by atoms with Crippen LogP contribution in [-0.4, -0.2) is 20.9 Å². The number of pyridine rings is 1. The molecule has 0 aliphatic rings. The third-order valence-corrected chi connectivity index (χ3v) is 4.70. The number of carbonyl (C=O) groups is 1. The lowest BCUT2D eigenvalue weighted by Gasteiger charge is -2.03. The van der Waals surface area contributed by atoms with Crippen molar-refractivity contribution in [1.82, 2.24) is 15.0 Å². The Bertz CT molecular complexity index is 1030. The molecule has 3 aromatic heterocycles. The van der Waals surface area contributed by atoms with Crippen molar-refractivity contribution < 1.29 is 4.79 Å². The molecule has 1 aromatic carbocycles. The molecule has 0 atom stereocenters. The van der Waals surface area contributed by atoms with E-state index in [-0.39, 0.29) is 5.91 Å². The van der Waals surface area contributed by atoms with Crippen molar-refractivity contribution in [1.29, 1.82) is 0 Å². The number of carbonyl (C=O) groups excluding carboxylic acids is 1. The number of amides is 1. The Kier molecular flexibility index (Phi) is 3.76. The van der Waals surface area contributed by atoms with Gasteiger partial charge in [-0.25, -0.2) is 4.98 Å². The summed E-state index contributed by atoms with van der Waals surface area (Å²) < 4.78 is 0.588. The number of halogens is 1. The third-order valence-electron chi connectivity index (χ3n) is 3.47. The zero-order valence-electron chi connectivity index (χ0n) is 12.3. The minimum Gasteiger partial charge on any atom is -0.338 e. The number of thiophene rings is 1. The number of benzene rings is 1. The zero-order chi connectivity index (χ0) is 16.5. The number of fused-ring (bicyclic) bond motifs is 1. The van der Waals surface area contributed by atoms with E-state index in [1.54, 1.807) is 24.5 Å². The minimum absolute atomic E-state index is 0.182. The van der Waals surface area contributed by atoms with Gasteiger partial charge >= 0.3 is 0 Å². The molecule has 4 aromatic rings. The number of hydrogen-bond acceptors (Lipinski definition) is 4. The largest absolute Gasteiger partial charge is 0.338 e. The molecule has 7 heteroatoms. The second-order valence-electron chi connectivity index (χ2n) is 5.12. The van der Waals surface area contributed by atoms with Gasteiger partial charge in [-0.2, -0.15) is 0 Å². The fourth-order valence-corrected chi connectivity index (χ4v) is 3.29. The Morgan fingerprint density at radius 3 is 2.88 bits per heavy atom. The summed E-state index contributed by atoms with van der Waals surface area (Å²) in [6.07, 6.45) is 3.47. The Morgan fingerprint density at radius 2 is 2.12 bits per heavy atom. The molecule has 24 heavy (non-hydrogen) atoms. The average Bonchev–Trinajstić information content (AvgIpc) is 3.21. The number of hydrogen-bond donors (Lipinski definition) is 2. The van der Waals surface area contributed by atoms with Crippen LogP contribution in [0.15, 0.2) is 54.9 Å². The lowest BCUT2D eigenvalue weighted by Crippen LogP contribution is -2.09. The van der Waals surface area contributed by atoms with Crippen molar-refractivity contribution in [3.05, 3.63) is 64.1 Å². The number of anilines is 1. The normalized spacial score (nSPS) is 10.9. The van der Waals surface area contributed by atoms with Gasteiger partial charge in [-0.3, -0.25) is 9.78 Å². The van der Waals surface area contributed by atoms with Crippen LogP contribution in [0.25, 0.3) is 22.4 Å². The average molecular weight is 355 g/mol. The maximum absolute atomic E-state index is 12.2. The molecule has 0 fully saturated rings. The summed E-state index contributed by atoms with van der Waals surface area (Å²) >= 11 is 7.11. The van der Waals surface area contributed by atoms with Crippen molar-refractivity contribution in [2.75, 3.05) is 5.32 Å². The Balaban J connectivity index is 1.62. The maximum atomic E-state index is 12.2. The summed E-state index contributed by atoms with van der Waals surface area (Å²) in [7, 11) is 0. The first kappa shape index (κ1) is 14.9. The zero-order valence-corrected chi connectivity index (χ0v) is 13.9. The van der Waals surface area contributed by atoms with Crippen molar-refractivity contribution in [2.45, 2.75) is 0 Å².